The molecule has 1 aromatic heterocycles. The molecular formula is C15H17FN2S2. The highest BCUT2D eigenvalue weighted by atomic mass is 32.1. The van der Waals surface area contributed by atoms with E-state index in [1.54, 1.807) is 23.5 Å². The first-order chi connectivity index (χ1) is 9.38. The van der Waals surface area contributed by atoms with Gasteiger partial charge in [-0.1, -0.05) is 12.2 Å². The van der Waals surface area contributed by atoms with Gasteiger partial charge in [0.25, 0.3) is 0 Å². The molecule has 0 saturated heterocycles. The van der Waals surface area contributed by atoms with Gasteiger partial charge in [-0.25, -0.2) is 4.39 Å². The topological polar surface area (TPSA) is 38.0 Å². The highest BCUT2D eigenvalue weighted by Crippen LogP contribution is 2.29. The van der Waals surface area contributed by atoms with Crippen molar-refractivity contribution in [2.45, 2.75) is 26.8 Å². The summed E-state index contributed by atoms with van der Waals surface area (Å²) in [5.41, 5.74) is 7.69. The van der Waals surface area contributed by atoms with Crippen LogP contribution >= 0.6 is 23.6 Å². The van der Waals surface area contributed by atoms with Crippen LogP contribution in [0.4, 0.5) is 10.1 Å². The Hall–Kier alpha value is -1.46. The number of benzene rings is 1. The Bertz CT molecular complexity index is 649. The molecule has 0 amide bonds. The van der Waals surface area contributed by atoms with Crippen molar-refractivity contribution < 1.29 is 4.39 Å². The maximum atomic E-state index is 14.0. The third-order valence-electron chi connectivity index (χ3n) is 3.17. The Balaban J connectivity index is 2.22. The van der Waals surface area contributed by atoms with Gasteiger partial charge >= 0.3 is 0 Å². The predicted octanol–water partition coefficient (Wildman–Crippen LogP) is 4.31. The first-order valence-corrected chi connectivity index (χ1v) is 7.53. The molecule has 106 valence electrons. The average Bonchev–Trinajstić information content (AvgIpc) is 2.70. The number of hydrogen-bond donors (Lipinski definition) is 2. The average molecular weight is 308 g/mol. The zero-order chi connectivity index (χ0) is 14.9. The fourth-order valence-corrected chi connectivity index (χ4v) is 3.33. The molecule has 1 unspecified atom stereocenters. The molecule has 2 aromatic rings. The second kappa shape index (κ2) is 5.89. The number of nitrogens with one attached hydrogen (secondary N) is 1. The van der Waals surface area contributed by atoms with Crippen LogP contribution in [0.1, 0.15) is 33.8 Å². The molecule has 0 aliphatic rings. The molecule has 0 aliphatic carbocycles. The summed E-state index contributed by atoms with van der Waals surface area (Å²) >= 11 is 6.59. The van der Waals surface area contributed by atoms with Gasteiger partial charge in [0.15, 0.2) is 0 Å². The van der Waals surface area contributed by atoms with Crippen LogP contribution in [0.5, 0.6) is 0 Å². The van der Waals surface area contributed by atoms with Gasteiger partial charge in [-0.05, 0) is 50.6 Å². The fraction of sp³-hybridized carbons (Fsp3) is 0.267. The molecule has 20 heavy (non-hydrogen) atoms. The second-order valence-electron chi connectivity index (χ2n) is 4.79. The first-order valence-electron chi connectivity index (χ1n) is 6.31. The van der Waals surface area contributed by atoms with Gasteiger partial charge in [0.2, 0.25) is 0 Å². The highest BCUT2D eigenvalue weighted by Gasteiger charge is 2.13. The largest absolute Gasteiger partial charge is 0.389 e. The van der Waals surface area contributed by atoms with E-state index in [2.05, 4.69) is 25.2 Å². The summed E-state index contributed by atoms with van der Waals surface area (Å²) in [4.78, 5) is 2.71. The summed E-state index contributed by atoms with van der Waals surface area (Å²) in [5, 5.41) is 3.19. The highest BCUT2D eigenvalue weighted by molar-refractivity contribution is 7.80. The van der Waals surface area contributed by atoms with E-state index in [1.807, 2.05) is 6.92 Å². The maximum Gasteiger partial charge on any atom is 0.147 e. The smallest absolute Gasteiger partial charge is 0.147 e. The quantitative estimate of drug-likeness (QED) is 0.827. The lowest BCUT2D eigenvalue weighted by Crippen LogP contribution is -2.12. The SMILES string of the molecule is Cc1cc(C(C)Nc2ccc(C(N)=S)cc2F)c(C)s1. The predicted molar refractivity (Wildman–Crippen MR) is 88.1 cm³/mol. The molecule has 0 fully saturated rings. The number of thiophene rings is 1. The molecule has 0 spiro atoms. The van der Waals surface area contributed by atoms with E-state index >= 15 is 0 Å². The summed E-state index contributed by atoms with van der Waals surface area (Å²) in [6, 6.07) is 6.95. The summed E-state index contributed by atoms with van der Waals surface area (Å²) in [5.74, 6) is -0.341. The van der Waals surface area contributed by atoms with Crippen molar-refractivity contribution in [1.82, 2.24) is 0 Å². The molecule has 2 nitrogen and oxygen atoms in total. The Morgan fingerprint density at radius 1 is 1.35 bits per heavy atom. The number of rotatable bonds is 4. The normalized spacial score (nSPS) is 12.2. The van der Waals surface area contributed by atoms with Crippen molar-refractivity contribution in [1.29, 1.82) is 0 Å². The van der Waals surface area contributed by atoms with Crippen LogP contribution in [0, 0.1) is 19.7 Å². The molecular weight excluding hydrogens is 291 g/mol. The summed E-state index contributed by atoms with van der Waals surface area (Å²) in [7, 11) is 0. The van der Waals surface area contributed by atoms with Gasteiger partial charge in [0, 0.05) is 21.4 Å². The van der Waals surface area contributed by atoms with Crippen LogP contribution in [0.25, 0.3) is 0 Å². The van der Waals surface area contributed by atoms with E-state index in [0.29, 0.717) is 11.3 Å². The molecule has 1 heterocycles. The van der Waals surface area contributed by atoms with Gasteiger partial charge in [-0.15, -0.1) is 11.3 Å². The number of halogens is 1. The molecule has 0 bridgehead atoms. The van der Waals surface area contributed by atoms with E-state index in [4.69, 9.17) is 18.0 Å². The Kier molecular flexibility index (Phi) is 4.40. The molecule has 5 heteroatoms. The number of aryl methyl sites for hydroxylation is 2. The minimum Gasteiger partial charge on any atom is -0.389 e. The Labute approximate surface area is 127 Å². The standard InChI is InChI=1S/C15H17FN2S2/c1-8-6-12(10(3)20-8)9(2)18-14-5-4-11(15(17)19)7-13(14)16/h4-7,9,18H,1-3H3,(H2,17,19). The van der Waals surface area contributed by atoms with E-state index in [9.17, 15) is 4.39 Å². The van der Waals surface area contributed by atoms with E-state index in [-0.39, 0.29) is 16.8 Å². The molecule has 0 saturated carbocycles. The molecule has 3 N–H and O–H groups in total. The molecule has 1 aromatic carbocycles. The van der Waals surface area contributed by atoms with Crippen LogP contribution < -0.4 is 11.1 Å². The third kappa shape index (κ3) is 3.16. The Morgan fingerprint density at radius 2 is 2.05 bits per heavy atom. The Morgan fingerprint density at radius 3 is 2.55 bits per heavy atom. The number of anilines is 1. The van der Waals surface area contributed by atoms with Gasteiger partial charge in [-0.2, -0.15) is 0 Å². The monoisotopic (exact) mass is 308 g/mol. The summed E-state index contributed by atoms with van der Waals surface area (Å²) < 4.78 is 14.0. The summed E-state index contributed by atoms with van der Waals surface area (Å²) in [6.45, 7) is 6.18. The third-order valence-corrected chi connectivity index (χ3v) is 4.39. The van der Waals surface area contributed by atoms with Crippen LogP contribution in [0.2, 0.25) is 0 Å². The van der Waals surface area contributed by atoms with E-state index in [0.717, 1.165) is 0 Å². The van der Waals surface area contributed by atoms with Gasteiger partial charge in [-0.3, -0.25) is 0 Å². The van der Waals surface area contributed by atoms with Crippen LogP contribution in [-0.2, 0) is 0 Å². The first kappa shape index (κ1) is 14.9. The van der Waals surface area contributed by atoms with Crippen molar-refractivity contribution in [3.63, 3.8) is 0 Å². The van der Waals surface area contributed by atoms with Gasteiger partial charge in [0.05, 0.1) is 5.69 Å². The maximum absolute atomic E-state index is 14.0. The second-order valence-corrected chi connectivity index (χ2v) is 6.69. The van der Waals surface area contributed by atoms with E-state index < -0.39 is 0 Å². The minimum absolute atomic E-state index is 0.0464. The van der Waals surface area contributed by atoms with E-state index in [1.165, 1.54) is 21.4 Å². The van der Waals surface area contributed by atoms with Crippen molar-refractivity contribution in [2.24, 2.45) is 5.73 Å². The van der Waals surface area contributed by atoms with Crippen molar-refractivity contribution >= 4 is 34.2 Å². The van der Waals surface area contributed by atoms with Crippen molar-refractivity contribution in [3.05, 3.63) is 51.0 Å². The van der Waals surface area contributed by atoms with Gasteiger partial charge < -0.3 is 11.1 Å². The fourth-order valence-electron chi connectivity index (χ4n) is 2.18. The van der Waals surface area contributed by atoms with Crippen molar-refractivity contribution in [3.8, 4) is 0 Å². The summed E-state index contributed by atoms with van der Waals surface area (Å²) in [6.07, 6.45) is 0. The minimum atomic E-state index is -0.341. The van der Waals surface area contributed by atoms with Crippen LogP contribution in [0.3, 0.4) is 0 Å². The molecule has 2 rings (SSSR count). The number of thiocarbonyl (C=S) groups is 1. The lowest BCUT2D eigenvalue weighted by molar-refractivity contribution is 0.627. The lowest BCUT2D eigenvalue weighted by Gasteiger charge is -2.16. The zero-order valence-electron chi connectivity index (χ0n) is 11.7. The lowest BCUT2D eigenvalue weighted by atomic mass is 10.1. The number of nitrogens with two attached hydrogens (primary N) is 1. The molecule has 0 radical (unpaired) electrons. The number of hydrogen-bond acceptors (Lipinski definition) is 3. The molecule has 0 aliphatic heterocycles. The zero-order valence-corrected chi connectivity index (χ0v) is 13.3. The van der Waals surface area contributed by atoms with Gasteiger partial charge in [0.1, 0.15) is 10.8 Å². The van der Waals surface area contributed by atoms with Crippen LogP contribution in [0.15, 0.2) is 24.3 Å². The molecule has 1 atom stereocenters. The van der Waals surface area contributed by atoms with Crippen molar-refractivity contribution in [2.75, 3.05) is 5.32 Å². The van der Waals surface area contributed by atoms with Crippen LogP contribution in [-0.4, -0.2) is 4.99 Å².